The van der Waals surface area contributed by atoms with Gasteiger partial charge >= 0.3 is 0 Å². The number of nitrogens with zero attached hydrogens (tertiary/aromatic N) is 4. The zero-order valence-corrected chi connectivity index (χ0v) is 17.8. The second kappa shape index (κ2) is 8.02. The lowest BCUT2D eigenvalue weighted by Crippen LogP contribution is -2.65. The molecule has 2 bridgehead atoms. The van der Waals surface area contributed by atoms with E-state index >= 15 is 0 Å². The summed E-state index contributed by atoms with van der Waals surface area (Å²) in [7, 11) is 1.70. The average Bonchev–Trinajstić information content (AvgIpc) is 3.16. The van der Waals surface area contributed by atoms with E-state index in [4.69, 9.17) is 9.26 Å². The number of amides is 1. The number of aromatic nitrogens is 2. The molecule has 3 saturated heterocycles. The number of carbonyl (C=O) groups excluding carboxylic acids is 1. The van der Waals surface area contributed by atoms with Crippen LogP contribution in [-0.2, 0) is 17.8 Å². The van der Waals surface area contributed by atoms with Gasteiger partial charge < -0.3 is 14.2 Å². The first-order chi connectivity index (χ1) is 14.6. The first kappa shape index (κ1) is 19.5. The van der Waals surface area contributed by atoms with Crippen molar-refractivity contribution < 1.29 is 14.1 Å². The van der Waals surface area contributed by atoms with Crippen LogP contribution < -0.4 is 4.74 Å². The second-order valence-corrected chi connectivity index (χ2v) is 9.07. The molecule has 0 radical (unpaired) electrons. The molecule has 2 aromatic rings. The molecule has 1 aromatic heterocycles. The minimum absolute atomic E-state index is 0.235. The van der Waals surface area contributed by atoms with Gasteiger partial charge in [0.2, 0.25) is 11.8 Å². The molecule has 3 fully saturated rings. The third kappa shape index (κ3) is 3.71. The Hall–Kier alpha value is -2.41. The molecule has 0 spiro atoms. The highest BCUT2D eigenvalue weighted by molar-refractivity contribution is 5.78. The molecule has 1 amide bonds. The number of likely N-dealkylation sites (tertiary alicyclic amines) is 1. The summed E-state index contributed by atoms with van der Waals surface area (Å²) in [4.78, 5) is 22.1. The number of fused-ring (bicyclic) bond motifs is 4. The lowest BCUT2D eigenvalue weighted by atomic mass is 9.71. The van der Waals surface area contributed by atoms with Crippen molar-refractivity contribution in [3.05, 3.63) is 41.5 Å². The van der Waals surface area contributed by atoms with E-state index < -0.39 is 0 Å². The van der Waals surface area contributed by atoms with Crippen LogP contribution in [0.3, 0.4) is 0 Å². The van der Waals surface area contributed by atoms with Crippen LogP contribution in [0.1, 0.15) is 43.0 Å². The fourth-order valence-electron chi connectivity index (χ4n) is 5.90. The largest absolute Gasteiger partial charge is 0.497 e. The van der Waals surface area contributed by atoms with E-state index in [0.717, 1.165) is 38.1 Å². The first-order valence-corrected chi connectivity index (χ1v) is 11.1. The molecule has 4 atom stereocenters. The minimum Gasteiger partial charge on any atom is -0.497 e. The van der Waals surface area contributed by atoms with E-state index in [2.05, 4.69) is 32.1 Å². The van der Waals surface area contributed by atoms with Gasteiger partial charge in [-0.25, -0.2) is 0 Å². The fourth-order valence-corrected chi connectivity index (χ4v) is 5.90. The number of ether oxygens (including phenoxy) is 1. The van der Waals surface area contributed by atoms with Crippen molar-refractivity contribution in [3.63, 3.8) is 0 Å². The van der Waals surface area contributed by atoms with Gasteiger partial charge in [-0.05, 0) is 62.1 Å². The minimum atomic E-state index is 0.235. The summed E-state index contributed by atoms with van der Waals surface area (Å²) >= 11 is 0. The summed E-state index contributed by atoms with van der Waals surface area (Å²) in [6.45, 7) is 4.51. The molecule has 1 aromatic carbocycles. The summed E-state index contributed by atoms with van der Waals surface area (Å²) in [5, 5.41) is 3.94. The van der Waals surface area contributed by atoms with Crippen LogP contribution in [0.5, 0.6) is 5.75 Å². The van der Waals surface area contributed by atoms with Gasteiger partial charge in [0.25, 0.3) is 0 Å². The van der Waals surface area contributed by atoms with Crippen molar-refractivity contribution in [3.8, 4) is 5.75 Å². The lowest BCUT2D eigenvalue weighted by molar-refractivity contribution is -0.153. The van der Waals surface area contributed by atoms with Crippen molar-refractivity contribution in [2.24, 2.45) is 11.8 Å². The van der Waals surface area contributed by atoms with Crippen LogP contribution in [0, 0.1) is 18.8 Å². The molecular weight excluding hydrogens is 380 g/mol. The average molecular weight is 411 g/mol. The third-order valence-electron chi connectivity index (χ3n) is 7.08. The molecule has 3 aliphatic heterocycles. The van der Waals surface area contributed by atoms with Gasteiger partial charge in [0.1, 0.15) is 5.75 Å². The van der Waals surface area contributed by atoms with Crippen LogP contribution in [0.4, 0.5) is 0 Å². The highest BCUT2D eigenvalue weighted by Gasteiger charge is 2.49. The molecule has 5 rings (SSSR count). The first-order valence-electron chi connectivity index (χ1n) is 11.1. The summed E-state index contributed by atoms with van der Waals surface area (Å²) in [5.41, 5.74) is 1.24. The number of benzene rings is 1. The Balaban J connectivity index is 1.40. The molecule has 4 heterocycles. The summed E-state index contributed by atoms with van der Waals surface area (Å²) in [5.74, 6) is 3.57. The number of piperidine rings is 3. The van der Waals surface area contributed by atoms with E-state index in [0.29, 0.717) is 48.5 Å². The Kier molecular flexibility index (Phi) is 5.23. The van der Waals surface area contributed by atoms with Crippen LogP contribution in [0.2, 0.25) is 0 Å². The smallest absolute Gasteiger partial charge is 0.240 e. The van der Waals surface area contributed by atoms with Gasteiger partial charge in [-0.1, -0.05) is 17.3 Å². The SMILES string of the molecule is COc1cccc(C[C@H]2[C@H]3C[C@H](CN(Cc4nc(C)no4)C3)[C@@H]3CCCC(=O)N32)c1. The van der Waals surface area contributed by atoms with E-state index in [1.165, 1.54) is 12.0 Å². The molecule has 0 saturated carbocycles. The highest BCUT2D eigenvalue weighted by Crippen LogP contribution is 2.43. The van der Waals surface area contributed by atoms with Crippen LogP contribution in [0.25, 0.3) is 0 Å². The van der Waals surface area contributed by atoms with Crippen molar-refractivity contribution in [2.45, 2.75) is 57.7 Å². The maximum absolute atomic E-state index is 13.0. The zero-order chi connectivity index (χ0) is 20.7. The van der Waals surface area contributed by atoms with E-state index in [1.807, 2.05) is 19.1 Å². The van der Waals surface area contributed by atoms with E-state index in [-0.39, 0.29) is 6.04 Å². The van der Waals surface area contributed by atoms with Gasteiger partial charge in [0.15, 0.2) is 5.82 Å². The Labute approximate surface area is 177 Å². The van der Waals surface area contributed by atoms with Crippen LogP contribution >= 0.6 is 0 Å². The van der Waals surface area contributed by atoms with Crippen molar-refractivity contribution in [1.82, 2.24) is 19.9 Å². The highest BCUT2D eigenvalue weighted by atomic mass is 16.5. The molecule has 3 aliphatic rings. The monoisotopic (exact) mass is 410 g/mol. The van der Waals surface area contributed by atoms with Gasteiger partial charge in [-0.15, -0.1) is 0 Å². The van der Waals surface area contributed by atoms with E-state index in [9.17, 15) is 4.79 Å². The molecule has 0 aliphatic carbocycles. The Morgan fingerprint density at radius 2 is 2.13 bits per heavy atom. The van der Waals surface area contributed by atoms with Crippen LogP contribution in [0.15, 0.2) is 28.8 Å². The summed E-state index contributed by atoms with van der Waals surface area (Å²) in [6.07, 6.45) is 4.89. The molecule has 0 N–H and O–H groups in total. The van der Waals surface area contributed by atoms with E-state index in [1.54, 1.807) is 7.11 Å². The standard InChI is InChI=1S/C23H30N4O3/c1-15-24-22(30-25-15)14-26-12-17-11-18(13-26)21(27-20(17)7-4-8-23(27)28)10-16-5-3-6-19(9-16)29-2/h3,5-6,9,17-18,20-21H,4,7-8,10-14H2,1-2H3/t17-,18+,20+,21+/m1/s1. The number of rotatable bonds is 5. The quantitative estimate of drug-likeness (QED) is 0.755. The number of carbonyl (C=O) groups is 1. The second-order valence-electron chi connectivity index (χ2n) is 9.07. The summed E-state index contributed by atoms with van der Waals surface area (Å²) < 4.78 is 10.8. The predicted molar refractivity (Wildman–Crippen MR) is 111 cm³/mol. The van der Waals surface area contributed by atoms with Gasteiger partial charge in [0, 0.05) is 31.6 Å². The zero-order valence-electron chi connectivity index (χ0n) is 17.8. The lowest BCUT2D eigenvalue weighted by Gasteiger charge is -2.56. The fraction of sp³-hybridized carbons (Fsp3) is 0.609. The Bertz CT molecular complexity index is 913. The third-order valence-corrected chi connectivity index (χ3v) is 7.08. The number of hydrogen-bond acceptors (Lipinski definition) is 6. The normalized spacial score (nSPS) is 29.0. The number of aryl methyl sites for hydroxylation is 1. The van der Waals surface area contributed by atoms with Crippen molar-refractivity contribution in [2.75, 3.05) is 20.2 Å². The topological polar surface area (TPSA) is 71.7 Å². The Morgan fingerprint density at radius 3 is 2.93 bits per heavy atom. The molecular formula is C23H30N4O3. The molecule has 7 nitrogen and oxygen atoms in total. The predicted octanol–water partition coefficient (Wildman–Crippen LogP) is 2.83. The number of methoxy groups -OCH3 is 1. The van der Waals surface area contributed by atoms with Crippen LogP contribution in [-0.4, -0.2) is 58.1 Å². The van der Waals surface area contributed by atoms with Gasteiger partial charge in [-0.2, -0.15) is 4.98 Å². The van der Waals surface area contributed by atoms with Gasteiger partial charge in [0.05, 0.1) is 13.7 Å². The van der Waals surface area contributed by atoms with Crippen molar-refractivity contribution >= 4 is 5.91 Å². The molecule has 0 unspecified atom stereocenters. The van der Waals surface area contributed by atoms with Crippen molar-refractivity contribution in [1.29, 1.82) is 0 Å². The van der Waals surface area contributed by atoms with Gasteiger partial charge in [-0.3, -0.25) is 9.69 Å². The Morgan fingerprint density at radius 1 is 1.27 bits per heavy atom. The molecule has 7 heteroatoms. The molecule has 30 heavy (non-hydrogen) atoms. The maximum atomic E-state index is 13.0. The molecule has 160 valence electrons. The summed E-state index contributed by atoms with van der Waals surface area (Å²) in [6, 6.07) is 8.87. The number of hydrogen-bond donors (Lipinski definition) is 0. The maximum Gasteiger partial charge on any atom is 0.240 e.